The van der Waals surface area contributed by atoms with E-state index in [-0.39, 0.29) is 24.8 Å². The summed E-state index contributed by atoms with van der Waals surface area (Å²) >= 11 is 0. The molecule has 0 aromatic rings. The molecule has 0 aromatic heterocycles. The Balaban J connectivity index is 1.07. The normalized spacial score (nSPS) is 45.9. The van der Waals surface area contributed by atoms with Crippen molar-refractivity contribution in [3.63, 3.8) is 0 Å². The van der Waals surface area contributed by atoms with Crippen LogP contribution in [-0.4, -0.2) is 32.1 Å². The molecule has 6 saturated carbocycles. The third-order valence-electron chi connectivity index (χ3n) is 8.56. The zero-order chi connectivity index (χ0) is 19.3. The maximum atomic E-state index is 12.7. The molecular formula is C24H38O4. The SMILES string of the molecule is CC(C)COC1CC2CC(C(=O)OCOCC34CC5CC(CC(C5)C3)C4)C1C2. The first-order chi connectivity index (χ1) is 13.5. The molecule has 0 amide bonds. The molecule has 0 N–H and O–H groups in total. The molecule has 4 atom stereocenters. The lowest BCUT2D eigenvalue weighted by Gasteiger charge is -2.56. The van der Waals surface area contributed by atoms with Gasteiger partial charge in [-0.1, -0.05) is 13.8 Å². The third kappa shape index (κ3) is 3.76. The summed E-state index contributed by atoms with van der Waals surface area (Å²) < 4.78 is 17.7. The topological polar surface area (TPSA) is 44.8 Å². The van der Waals surface area contributed by atoms with Crippen LogP contribution in [0.25, 0.3) is 0 Å². The van der Waals surface area contributed by atoms with Crippen molar-refractivity contribution in [3.8, 4) is 0 Å². The number of carbonyl (C=O) groups excluding carboxylic acids is 1. The smallest absolute Gasteiger partial charge is 0.311 e. The lowest BCUT2D eigenvalue weighted by molar-refractivity contribution is -0.174. The van der Waals surface area contributed by atoms with Gasteiger partial charge in [-0.3, -0.25) is 4.79 Å². The average Bonchev–Trinajstić information content (AvgIpc) is 3.23. The van der Waals surface area contributed by atoms with Crippen molar-refractivity contribution in [2.45, 2.75) is 77.7 Å². The van der Waals surface area contributed by atoms with Gasteiger partial charge in [-0.25, -0.2) is 0 Å². The van der Waals surface area contributed by atoms with Gasteiger partial charge in [0.15, 0.2) is 6.79 Å². The van der Waals surface area contributed by atoms with Gasteiger partial charge in [0, 0.05) is 6.61 Å². The van der Waals surface area contributed by atoms with Gasteiger partial charge in [0.25, 0.3) is 0 Å². The Morgan fingerprint density at radius 1 is 0.929 bits per heavy atom. The highest BCUT2D eigenvalue weighted by Crippen LogP contribution is 2.60. The van der Waals surface area contributed by atoms with Gasteiger partial charge in [-0.15, -0.1) is 0 Å². The van der Waals surface area contributed by atoms with Gasteiger partial charge in [0.05, 0.1) is 18.6 Å². The van der Waals surface area contributed by atoms with Gasteiger partial charge in [0.1, 0.15) is 0 Å². The lowest BCUT2D eigenvalue weighted by Crippen LogP contribution is -2.48. The highest BCUT2D eigenvalue weighted by molar-refractivity contribution is 5.73. The minimum Gasteiger partial charge on any atom is -0.438 e. The standard InChI is InChI=1S/C24H38O4/c1-15(2)12-27-22-8-16-6-20(22)21(7-16)23(25)28-14-26-13-24-9-17-3-18(10-24)5-19(4-17)11-24/h15-22H,3-14H2,1-2H3. The lowest BCUT2D eigenvalue weighted by atomic mass is 9.50. The molecule has 6 aliphatic rings. The highest BCUT2D eigenvalue weighted by Gasteiger charge is 2.52. The van der Waals surface area contributed by atoms with Crippen LogP contribution in [0.4, 0.5) is 0 Å². The molecule has 0 aromatic carbocycles. The first kappa shape index (κ1) is 19.4. The molecule has 6 bridgehead atoms. The van der Waals surface area contributed by atoms with Crippen molar-refractivity contribution in [3.05, 3.63) is 0 Å². The second kappa shape index (κ2) is 7.58. The Labute approximate surface area is 170 Å². The van der Waals surface area contributed by atoms with E-state index in [2.05, 4.69) is 13.8 Å². The summed E-state index contributed by atoms with van der Waals surface area (Å²) in [6, 6.07) is 0. The highest BCUT2D eigenvalue weighted by atomic mass is 16.7. The summed E-state index contributed by atoms with van der Waals surface area (Å²) in [6.45, 7) is 6.09. The van der Waals surface area contributed by atoms with Crippen molar-refractivity contribution in [2.75, 3.05) is 20.0 Å². The van der Waals surface area contributed by atoms with E-state index in [4.69, 9.17) is 14.2 Å². The zero-order valence-corrected chi connectivity index (χ0v) is 17.7. The van der Waals surface area contributed by atoms with Crippen LogP contribution in [0.1, 0.15) is 71.6 Å². The van der Waals surface area contributed by atoms with Crippen LogP contribution in [0.3, 0.4) is 0 Å². The maximum absolute atomic E-state index is 12.7. The van der Waals surface area contributed by atoms with Crippen LogP contribution >= 0.6 is 0 Å². The molecular weight excluding hydrogens is 352 g/mol. The van der Waals surface area contributed by atoms with Crippen molar-refractivity contribution in [1.29, 1.82) is 0 Å². The number of esters is 1. The molecule has 4 nitrogen and oxygen atoms in total. The molecule has 6 rings (SSSR count). The fourth-order valence-electron chi connectivity index (χ4n) is 8.00. The van der Waals surface area contributed by atoms with Crippen LogP contribution in [0.15, 0.2) is 0 Å². The van der Waals surface area contributed by atoms with E-state index in [0.717, 1.165) is 50.2 Å². The van der Waals surface area contributed by atoms with Gasteiger partial charge >= 0.3 is 5.97 Å². The summed E-state index contributed by atoms with van der Waals surface area (Å²) in [7, 11) is 0. The largest absolute Gasteiger partial charge is 0.438 e. The Hall–Kier alpha value is -0.610. The number of hydrogen-bond donors (Lipinski definition) is 0. The number of carbonyl (C=O) groups is 1. The fraction of sp³-hybridized carbons (Fsp3) is 0.958. The molecule has 4 heteroatoms. The molecule has 158 valence electrons. The van der Waals surface area contributed by atoms with Gasteiger partial charge in [-0.2, -0.15) is 0 Å². The van der Waals surface area contributed by atoms with Crippen LogP contribution in [0.2, 0.25) is 0 Å². The van der Waals surface area contributed by atoms with Gasteiger partial charge < -0.3 is 14.2 Å². The Morgan fingerprint density at radius 3 is 2.21 bits per heavy atom. The van der Waals surface area contributed by atoms with Crippen LogP contribution < -0.4 is 0 Å². The zero-order valence-electron chi connectivity index (χ0n) is 17.7. The minimum atomic E-state index is -0.0455. The van der Waals surface area contributed by atoms with Gasteiger partial charge in [-0.05, 0) is 98.7 Å². The monoisotopic (exact) mass is 390 g/mol. The van der Waals surface area contributed by atoms with Crippen LogP contribution in [0.5, 0.6) is 0 Å². The summed E-state index contributed by atoms with van der Waals surface area (Å²) in [5, 5.41) is 0. The molecule has 4 unspecified atom stereocenters. The Morgan fingerprint density at radius 2 is 1.61 bits per heavy atom. The van der Waals surface area contributed by atoms with E-state index >= 15 is 0 Å². The fourth-order valence-corrected chi connectivity index (χ4v) is 8.00. The number of rotatable bonds is 8. The molecule has 6 fully saturated rings. The number of ether oxygens (including phenoxy) is 3. The maximum Gasteiger partial charge on any atom is 0.311 e. The average molecular weight is 391 g/mol. The molecule has 0 saturated heterocycles. The summed E-state index contributed by atoms with van der Waals surface area (Å²) in [6.07, 6.45) is 11.9. The minimum absolute atomic E-state index is 0.0269. The van der Waals surface area contributed by atoms with E-state index < -0.39 is 0 Å². The molecule has 0 heterocycles. The van der Waals surface area contributed by atoms with E-state index in [1.807, 2.05) is 0 Å². The Kier molecular flexibility index (Phi) is 5.24. The van der Waals surface area contributed by atoms with E-state index in [1.54, 1.807) is 0 Å². The van der Waals surface area contributed by atoms with Crippen molar-refractivity contribution >= 4 is 5.97 Å². The second-order valence-electron chi connectivity index (χ2n) is 11.5. The quantitative estimate of drug-likeness (QED) is 0.339. The molecule has 0 aliphatic heterocycles. The van der Waals surface area contributed by atoms with Crippen molar-refractivity contribution in [2.24, 2.45) is 46.8 Å². The summed E-state index contributed by atoms with van der Waals surface area (Å²) in [5.74, 6) is 4.35. The van der Waals surface area contributed by atoms with E-state index in [9.17, 15) is 4.79 Å². The molecule has 28 heavy (non-hydrogen) atoms. The predicted octanol–water partition coefficient (Wildman–Crippen LogP) is 4.81. The van der Waals surface area contributed by atoms with Crippen LogP contribution in [-0.2, 0) is 19.0 Å². The molecule has 0 radical (unpaired) electrons. The summed E-state index contributed by atoms with van der Waals surface area (Å²) in [5.41, 5.74) is 0.392. The second-order valence-corrected chi connectivity index (χ2v) is 11.5. The van der Waals surface area contributed by atoms with Crippen molar-refractivity contribution < 1.29 is 19.0 Å². The third-order valence-corrected chi connectivity index (χ3v) is 8.56. The predicted molar refractivity (Wildman–Crippen MR) is 106 cm³/mol. The van der Waals surface area contributed by atoms with Crippen LogP contribution in [0, 0.1) is 46.8 Å². The summed E-state index contributed by atoms with van der Waals surface area (Å²) in [4.78, 5) is 12.7. The Bertz CT molecular complexity index is 550. The first-order valence-corrected chi connectivity index (χ1v) is 11.9. The first-order valence-electron chi connectivity index (χ1n) is 11.9. The number of hydrogen-bond acceptors (Lipinski definition) is 4. The number of fused-ring (bicyclic) bond motifs is 2. The van der Waals surface area contributed by atoms with E-state index in [1.165, 1.54) is 38.5 Å². The van der Waals surface area contributed by atoms with Gasteiger partial charge in [0.2, 0.25) is 0 Å². The molecule has 0 spiro atoms. The van der Waals surface area contributed by atoms with Crippen molar-refractivity contribution in [1.82, 2.24) is 0 Å². The molecule has 6 aliphatic carbocycles. The van der Waals surface area contributed by atoms with E-state index in [0.29, 0.717) is 23.2 Å².